The van der Waals surface area contributed by atoms with Crippen LogP contribution < -0.4 is 0 Å². The van der Waals surface area contributed by atoms with Crippen LogP contribution in [0.15, 0.2) is 0 Å². The van der Waals surface area contributed by atoms with Crippen molar-refractivity contribution in [2.24, 2.45) is 0 Å². The maximum atomic E-state index is 0. The van der Waals surface area contributed by atoms with Gasteiger partial charge < -0.3 is 5.48 Å². The van der Waals surface area contributed by atoms with Crippen LogP contribution in [0, 0.1) is 0 Å². The van der Waals surface area contributed by atoms with Crippen molar-refractivity contribution < 1.29 is 22.5 Å². The van der Waals surface area contributed by atoms with Gasteiger partial charge in [-0.05, 0) is 0 Å². The zero-order chi connectivity index (χ0) is 0. The SMILES string of the molecule is O.[CaH2].[Fe].[SrH2]. The summed E-state index contributed by atoms with van der Waals surface area (Å²) in [6, 6.07) is 0. The molecule has 0 bridgehead atoms. The molecule has 0 heterocycles. The maximum absolute atomic E-state index is 0. The molecule has 1 nitrogen and oxygen atoms in total. The Balaban J connectivity index is 0. The van der Waals surface area contributed by atoms with E-state index in [9.17, 15) is 0 Å². The fourth-order valence-corrected chi connectivity index (χ4v) is 0. The van der Waals surface area contributed by atoms with Crippen molar-refractivity contribution in [3.8, 4) is 0 Å². The van der Waals surface area contributed by atoms with E-state index in [1.165, 1.54) is 0 Å². The van der Waals surface area contributed by atoms with Crippen molar-refractivity contribution >= 4 is 83.2 Å². The molecule has 0 fully saturated rings. The molecule has 4 heteroatoms. The zero-order valence-electron chi connectivity index (χ0n) is 0.854. The summed E-state index contributed by atoms with van der Waals surface area (Å²) in [5.74, 6) is 0. The topological polar surface area (TPSA) is 31.5 Å². The summed E-state index contributed by atoms with van der Waals surface area (Å²) in [5, 5.41) is 0. The normalized spacial score (nSPS) is 0. The second-order valence-corrected chi connectivity index (χ2v) is 0. The van der Waals surface area contributed by atoms with Crippen LogP contribution in [-0.2, 0) is 17.1 Å². The Morgan fingerprint density at radius 2 is 1.00 bits per heavy atom. The minimum absolute atomic E-state index is 0. The van der Waals surface area contributed by atoms with Crippen LogP contribution >= 0.6 is 0 Å². The van der Waals surface area contributed by atoms with Crippen molar-refractivity contribution in [1.82, 2.24) is 0 Å². The second kappa shape index (κ2) is 16.3. The summed E-state index contributed by atoms with van der Waals surface area (Å²) in [6.45, 7) is 0. The molecule has 0 amide bonds. The Hall–Kier alpha value is 3.22. The average Bonchev–Trinajstić information content (AvgIpc) is 0. The van der Waals surface area contributed by atoms with Crippen LogP contribution in [0.25, 0.3) is 0 Å². The minimum atomic E-state index is 0. The summed E-state index contributed by atoms with van der Waals surface area (Å²) in [4.78, 5) is 0. The molecule has 0 saturated heterocycles. The monoisotopic (exact) mass is 206 g/mol. The van der Waals surface area contributed by atoms with Crippen molar-refractivity contribution in [3.05, 3.63) is 0 Å². The fourth-order valence-electron chi connectivity index (χ4n) is 0. The number of hydrogen-bond acceptors (Lipinski definition) is 0. The van der Waals surface area contributed by atoms with Crippen molar-refractivity contribution in [1.29, 1.82) is 0 Å². The van der Waals surface area contributed by atoms with Crippen LogP contribution in [0.5, 0.6) is 0 Å². The van der Waals surface area contributed by atoms with Gasteiger partial charge in [0.05, 0.1) is 0 Å². The first kappa shape index (κ1) is 26.9. The quantitative estimate of drug-likeness (QED) is 0.387. The Morgan fingerprint density at radius 3 is 1.00 bits per heavy atom. The van der Waals surface area contributed by atoms with E-state index in [-0.39, 0.29) is 106 Å². The molecule has 0 unspecified atom stereocenters. The molecule has 0 spiro atoms. The summed E-state index contributed by atoms with van der Waals surface area (Å²) in [6.07, 6.45) is 0. The Bertz CT molecular complexity index is 8.00. The molecule has 4 heavy (non-hydrogen) atoms. The molecule has 0 radical (unpaired) electrons. The van der Waals surface area contributed by atoms with E-state index in [0.29, 0.717) is 0 Å². The van der Waals surface area contributed by atoms with Crippen LogP contribution in [0.4, 0.5) is 0 Å². The van der Waals surface area contributed by atoms with Crippen molar-refractivity contribution in [3.63, 3.8) is 0 Å². The molecule has 2 N–H and O–H groups in total. The van der Waals surface area contributed by atoms with E-state index < -0.39 is 0 Å². The van der Waals surface area contributed by atoms with Crippen molar-refractivity contribution in [2.45, 2.75) is 0 Å². The molecule has 0 aromatic rings. The van der Waals surface area contributed by atoms with Gasteiger partial charge in [-0.1, -0.05) is 0 Å². The molecule has 0 aliphatic rings. The van der Waals surface area contributed by atoms with Gasteiger partial charge in [-0.25, -0.2) is 0 Å². The zero-order valence-corrected chi connectivity index (χ0v) is 1.96. The third-order valence-corrected chi connectivity index (χ3v) is 0. The molecular weight excluding hydrogens is 200 g/mol. The molecule has 0 rings (SSSR count). The predicted molar refractivity (Wildman–Crippen MR) is 20.7 cm³/mol. The summed E-state index contributed by atoms with van der Waals surface area (Å²) in [5.41, 5.74) is 0. The molecule has 0 aliphatic carbocycles. The van der Waals surface area contributed by atoms with E-state index in [2.05, 4.69) is 0 Å². The number of hydrogen-bond donors (Lipinski definition) is 0. The third-order valence-electron chi connectivity index (χ3n) is 0. The molecule has 0 aliphatic heterocycles. The summed E-state index contributed by atoms with van der Waals surface area (Å²) in [7, 11) is 0. The van der Waals surface area contributed by atoms with E-state index in [4.69, 9.17) is 0 Å². The van der Waals surface area contributed by atoms with Gasteiger partial charge in [-0.3, -0.25) is 0 Å². The fraction of sp³-hybridized carbons (Fsp3) is 0. The first-order valence-corrected chi connectivity index (χ1v) is 0. The first-order valence-electron chi connectivity index (χ1n) is 0. The van der Waals surface area contributed by atoms with Crippen LogP contribution in [0.3, 0.4) is 0 Å². The molecule has 0 saturated carbocycles. The van der Waals surface area contributed by atoms with Crippen molar-refractivity contribution in [2.75, 3.05) is 0 Å². The van der Waals surface area contributed by atoms with Crippen LogP contribution in [0.1, 0.15) is 0 Å². The van der Waals surface area contributed by atoms with Gasteiger partial charge in [0.1, 0.15) is 0 Å². The van der Waals surface area contributed by atoms with Gasteiger partial charge in [0.2, 0.25) is 0 Å². The third kappa shape index (κ3) is 8.97. The summed E-state index contributed by atoms with van der Waals surface area (Å²) >= 11 is 0. The van der Waals surface area contributed by atoms with Crippen LogP contribution in [0.2, 0.25) is 0 Å². The number of rotatable bonds is 0. The van der Waals surface area contributed by atoms with E-state index in [0.717, 1.165) is 0 Å². The van der Waals surface area contributed by atoms with Gasteiger partial charge >= 0.3 is 83.2 Å². The Labute approximate surface area is 103 Å². The molecule has 0 aromatic carbocycles. The summed E-state index contributed by atoms with van der Waals surface area (Å²) < 4.78 is 0. The molecule has 24 valence electrons. The molecular formula is H6CaFeOSr. The molecule has 0 aromatic heterocycles. The second-order valence-electron chi connectivity index (χ2n) is 0. The van der Waals surface area contributed by atoms with Gasteiger partial charge in [-0.15, -0.1) is 0 Å². The Kier molecular flexibility index (Phi) is 110. The van der Waals surface area contributed by atoms with Gasteiger partial charge in [0.25, 0.3) is 0 Å². The van der Waals surface area contributed by atoms with Crippen LogP contribution in [-0.4, -0.2) is 88.7 Å². The Morgan fingerprint density at radius 1 is 1.00 bits per heavy atom. The standard InChI is InChI=1S/Ca.Fe.H2O.Sr.4H/h;;1H2;;;;;. The van der Waals surface area contributed by atoms with E-state index in [1.807, 2.05) is 0 Å². The van der Waals surface area contributed by atoms with E-state index in [1.54, 1.807) is 0 Å². The molecule has 0 atom stereocenters. The average molecular weight is 206 g/mol. The van der Waals surface area contributed by atoms with Gasteiger partial charge in [-0.2, -0.15) is 0 Å². The van der Waals surface area contributed by atoms with Gasteiger partial charge in [0.15, 0.2) is 0 Å². The predicted octanol–water partition coefficient (Wildman–Crippen LogP) is -2.66. The first-order chi connectivity index (χ1) is 0. The van der Waals surface area contributed by atoms with E-state index >= 15 is 0 Å². The van der Waals surface area contributed by atoms with Gasteiger partial charge in [0, 0.05) is 17.1 Å².